The molecule has 0 unspecified atom stereocenters. The number of carbonyl (C=O) groups excluding carboxylic acids is 2. The van der Waals surface area contributed by atoms with Crippen molar-refractivity contribution in [1.82, 2.24) is 25.5 Å². The fourth-order valence-electron chi connectivity index (χ4n) is 3.56. The van der Waals surface area contributed by atoms with Gasteiger partial charge >= 0.3 is 0 Å². The van der Waals surface area contributed by atoms with Gasteiger partial charge < -0.3 is 20.3 Å². The molecule has 0 bridgehead atoms. The highest BCUT2D eigenvalue weighted by molar-refractivity contribution is 5.79. The first-order chi connectivity index (χ1) is 13.4. The number of carbonyl (C=O) groups is 2. The van der Waals surface area contributed by atoms with Gasteiger partial charge in [0.05, 0.1) is 5.92 Å². The average molecular weight is 392 g/mol. The lowest BCUT2D eigenvalue weighted by molar-refractivity contribution is -0.126. The Hall–Kier alpha value is -2.06. The van der Waals surface area contributed by atoms with Crippen molar-refractivity contribution in [2.24, 2.45) is 5.92 Å². The second-order valence-electron chi connectivity index (χ2n) is 7.51. The van der Waals surface area contributed by atoms with Gasteiger partial charge in [0.2, 0.25) is 11.8 Å². The molecule has 0 spiro atoms. The van der Waals surface area contributed by atoms with Crippen LogP contribution in [0.3, 0.4) is 0 Å². The third kappa shape index (κ3) is 7.52. The minimum atomic E-state index is -0.100. The van der Waals surface area contributed by atoms with E-state index in [9.17, 15) is 9.59 Å². The Labute approximate surface area is 167 Å². The van der Waals surface area contributed by atoms with Crippen LogP contribution in [0.25, 0.3) is 0 Å². The van der Waals surface area contributed by atoms with Crippen LogP contribution in [-0.2, 0) is 20.7 Å². The quantitative estimate of drug-likeness (QED) is 0.674. The minimum Gasteiger partial charge on any atom is -0.372 e. The summed E-state index contributed by atoms with van der Waals surface area (Å²) in [5.74, 6) is 0.626. The molecular formula is C20H33N5O3. The highest BCUT2D eigenvalue weighted by atomic mass is 16.5. The van der Waals surface area contributed by atoms with Gasteiger partial charge in [-0.3, -0.25) is 9.59 Å². The van der Waals surface area contributed by atoms with E-state index in [0.717, 1.165) is 36.6 Å². The first kappa shape index (κ1) is 22.2. The molecule has 0 aromatic carbocycles. The van der Waals surface area contributed by atoms with Crippen LogP contribution in [0.1, 0.15) is 37.0 Å². The first-order valence-electron chi connectivity index (χ1n) is 10.0. The minimum absolute atomic E-state index is 0.0411. The van der Waals surface area contributed by atoms with Crippen LogP contribution in [0.2, 0.25) is 0 Å². The molecule has 0 radical (unpaired) electrons. The number of aryl methyl sites for hydroxylation is 2. The molecule has 0 aliphatic carbocycles. The molecule has 1 aromatic rings. The summed E-state index contributed by atoms with van der Waals surface area (Å²) in [6, 6.07) is 1.98. The van der Waals surface area contributed by atoms with E-state index in [1.165, 1.54) is 0 Å². The maximum absolute atomic E-state index is 12.6. The SMILES string of the molecule is CCOCC(=O)N[C@H]1CC[C@@H](C(=O)NCCc2nc(C)cc(C)n2)CN(C)C1. The number of likely N-dealkylation sites (N-methyl/N-ethyl adjacent to an activating group) is 1. The van der Waals surface area contributed by atoms with Gasteiger partial charge in [0.15, 0.2) is 0 Å². The van der Waals surface area contributed by atoms with Crippen molar-refractivity contribution in [3.8, 4) is 0 Å². The number of likely N-dealkylation sites (tertiary alicyclic amines) is 1. The van der Waals surface area contributed by atoms with Crippen molar-refractivity contribution < 1.29 is 14.3 Å². The van der Waals surface area contributed by atoms with Gasteiger partial charge in [0.1, 0.15) is 12.4 Å². The van der Waals surface area contributed by atoms with Gasteiger partial charge in [-0.25, -0.2) is 9.97 Å². The van der Waals surface area contributed by atoms with Crippen LogP contribution in [0.4, 0.5) is 0 Å². The standard InChI is InChI=1S/C20H33N5O3/c1-5-28-13-19(26)24-17-7-6-16(11-25(4)12-17)20(27)21-9-8-18-22-14(2)10-15(3)23-18/h10,16-17H,5-9,11-13H2,1-4H3,(H,21,27)(H,24,26)/t16-,17+/m1/s1. The number of amides is 2. The molecule has 28 heavy (non-hydrogen) atoms. The largest absolute Gasteiger partial charge is 0.372 e. The Balaban J connectivity index is 1.79. The van der Waals surface area contributed by atoms with Crippen LogP contribution >= 0.6 is 0 Å². The lowest BCUT2D eigenvalue weighted by Crippen LogP contribution is -2.43. The molecule has 1 aliphatic heterocycles. The molecule has 0 saturated carbocycles. The van der Waals surface area contributed by atoms with E-state index >= 15 is 0 Å². The van der Waals surface area contributed by atoms with Gasteiger partial charge in [-0.2, -0.15) is 0 Å². The zero-order valence-corrected chi connectivity index (χ0v) is 17.5. The predicted molar refractivity (Wildman–Crippen MR) is 107 cm³/mol. The van der Waals surface area contributed by atoms with Crippen LogP contribution in [-0.4, -0.2) is 72.6 Å². The zero-order valence-electron chi connectivity index (χ0n) is 17.5. The number of nitrogens with one attached hydrogen (secondary N) is 2. The summed E-state index contributed by atoms with van der Waals surface area (Å²) in [6.45, 7) is 8.30. The third-order valence-corrected chi connectivity index (χ3v) is 4.78. The topological polar surface area (TPSA) is 96.4 Å². The van der Waals surface area contributed by atoms with Crippen LogP contribution in [0.15, 0.2) is 6.07 Å². The van der Waals surface area contributed by atoms with Gasteiger partial charge in [-0.1, -0.05) is 0 Å². The molecule has 2 amide bonds. The van der Waals surface area contributed by atoms with Crippen LogP contribution in [0.5, 0.6) is 0 Å². The summed E-state index contributed by atoms with van der Waals surface area (Å²) in [4.78, 5) is 35.4. The van der Waals surface area contributed by atoms with Crippen molar-refractivity contribution in [1.29, 1.82) is 0 Å². The van der Waals surface area contributed by atoms with Gasteiger partial charge in [-0.15, -0.1) is 0 Å². The summed E-state index contributed by atoms with van der Waals surface area (Å²) in [7, 11) is 1.98. The summed E-state index contributed by atoms with van der Waals surface area (Å²) >= 11 is 0. The molecule has 2 heterocycles. The van der Waals surface area contributed by atoms with Crippen molar-refractivity contribution in [2.75, 3.05) is 39.9 Å². The number of ether oxygens (including phenoxy) is 1. The summed E-state index contributed by atoms with van der Waals surface area (Å²) in [5, 5.41) is 6.02. The summed E-state index contributed by atoms with van der Waals surface area (Å²) < 4.78 is 5.15. The van der Waals surface area contributed by atoms with Crippen molar-refractivity contribution >= 4 is 11.8 Å². The fourth-order valence-corrected chi connectivity index (χ4v) is 3.56. The van der Waals surface area contributed by atoms with Gasteiger partial charge in [0, 0.05) is 50.1 Å². The highest BCUT2D eigenvalue weighted by Crippen LogP contribution is 2.16. The summed E-state index contributed by atoms with van der Waals surface area (Å²) in [5.41, 5.74) is 1.88. The first-order valence-corrected chi connectivity index (χ1v) is 10.0. The normalized spacial score (nSPS) is 20.4. The highest BCUT2D eigenvalue weighted by Gasteiger charge is 2.27. The Bertz CT molecular complexity index is 647. The average Bonchev–Trinajstić information content (AvgIpc) is 2.80. The van der Waals surface area contributed by atoms with E-state index in [1.54, 1.807) is 0 Å². The lowest BCUT2D eigenvalue weighted by atomic mass is 10.0. The number of hydrogen-bond donors (Lipinski definition) is 2. The number of aromatic nitrogens is 2. The molecule has 8 nitrogen and oxygen atoms in total. The number of hydrogen-bond acceptors (Lipinski definition) is 6. The summed E-state index contributed by atoms with van der Waals surface area (Å²) in [6.07, 6.45) is 2.14. The molecule has 2 N–H and O–H groups in total. The van der Waals surface area contributed by atoms with E-state index in [2.05, 4.69) is 25.5 Å². The van der Waals surface area contributed by atoms with Gasteiger partial charge in [0.25, 0.3) is 0 Å². The molecule has 1 aromatic heterocycles. The Morgan fingerprint density at radius 1 is 1.21 bits per heavy atom. The monoisotopic (exact) mass is 391 g/mol. The van der Waals surface area contributed by atoms with E-state index in [4.69, 9.17) is 4.74 Å². The Kier molecular flexibility index (Phi) is 8.79. The molecule has 156 valence electrons. The predicted octanol–water partition coefficient (Wildman–Crippen LogP) is 0.615. The maximum Gasteiger partial charge on any atom is 0.246 e. The second-order valence-corrected chi connectivity index (χ2v) is 7.51. The van der Waals surface area contributed by atoms with Crippen LogP contribution < -0.4 is 10.6 Å². The van der Waals surface area contributed by atoms with E-state index in [1.807, 2.05) is 33.9 Å². The van der Waals surface area contributed by atoms with Gasteiger partial charge in [-0.05, 0) is 46.7 Å². The smallest absolute Gasteiger partial charge is 0.246 e. The van der Waals surface area contributed by atoms with Crippen molar-refractivity contribution in [2.45, 2.75) is 46.1 Å². The molecule has 2 atom stereocenters. The van der Waals surface area contributed by atoms with E-state index in [0.29, 0.717) is 26.1 Å². The Morgan fingerprint density at radius 3 is 2.61 bits per heavy atom. The van der Waals surface area contributed by atoms with Crippen molar-refractivity contribution in [3.05, 3.63) is 23.3 Å². The molecule has 1 fully saturated rings. The fraction of sp³-hybridized carbons (Fsp3) is 0.700. The van der Waals surface area contributed by atoms with Crippen molar-refractivity contribution in [3.63, 3.8) is 0 Å². The second kappa shape index (κ2) is 11.1. The zero-order chi connectivity index (χ0) is 20.5. The van der Waals surface area contributed by atoms with Crippen LogP contribution in [0, 0.1) is 19.8 Å². The number of rotatable bonds is 8. The molecule has 1 aliphatic rings. The number of nitrogens with zero attached hydrogens (tertiary/aromatic N) is 3. The third-order valence-electron chi connectivity index (χ3n) is 4.78. The molecule has 1 saturated heterocycles. The maximum atomic E-state index is 12.6. The Morgan fingerprint density at radius 2 is 1.93 bits per heavy atom. The van der Waals surface area contributed by atoms with E-state index < -0.39 is 0 Å². The molecule has 2 rings (SSSR count). The molecule has 8 heteroatoms. The molecular weight excluding hydrogens is 358 g/mol. The lowest BCUT2D eigenvalue weighted by Gasteiger charge is -2.21. The van der Waals surface area contributed by atoms with E-state index in [-0.39, 0.29) is 30.4 Å².